The second kappa shape index (κ2) is 6.40. The van der Waals surface area contributed by atoms with E-state index in [1.54, 1.807) is 0 Å². The molecule has 1 fully saturated rings. The Labute approximate surface area is 120 Å². The van der Waals surface area contributed by atoms with Gasteiger partial charge in [0.15, 0.2) is 0 Å². The van der Waals surface area contributed by atoms with Crippen molar-refractivity contribution in [1.29, 1.82) is 0 Å². The molecule has 0 radical (unpaired) electrons. The van der Waals surface area contributed by atoms with E-state index in [2.05, 4.69) is 31.6 Å². The van der Waals surface area contributed by atoms with Crippen molar-refractivity contribution in [3.8, 4) is 0 Å². The summed E-state index contributed by atoms with van der Waals surface area (Å²) in [6.07, 6.45) is 6.81. The molecule has 0 saturated heterocycles. The molecule has 0 bridgehead atoms. The van der Waals surface area contributed by atoms with Crippen molar-refractivity contribution >= 4 is 22.9 Å². The molecular weight excluding hydrogens is 262 g/mol. The third-order valence-electron chi connectivity index (χ3n) is 4.46. The lowest BCUT2D eigenvalue weighted by Crippen LogP contribution is -2.28. The van der Waals surface area contributed by atoms with Crippen molar-refractivity contribution < 1.29 is 0 Å². The maximum absolute atomic E-state index is 6.43. The Morgan fingerprint density at radius 3 is 2.50 bits per heavy atom. The molecule has 1 saturated carbocycles. The number of rotatable bonds is 4. The maximum atomic E-state index is 6.43. The summed E-state index contributed by atoms with van der Waals surface area (Å²) in [7, 11) is 2.07. The molecule has 2 rings (SSSR count). The van der Waals surface area contributed by atoms with Crippen LogP contribution in [0.1, 0.15) is 55.5 Å². The van der Waals surface area contributed by atoms with Gasteiger partial charge in [-0.05, 0) is 49.6 Å². The summed E-state index contributed by atoms with van der Waals surface area (Å²) >= 11 is 8.24. The summed E-state index contributed by atoms with van der Waals surface area (Å²) in [5.41, 5.74) is 1.22. The second-order valence-electron chi connectivity index (χ2n) is 5.55. The van der Waals surface area contributed by atoms with Crippen molar-refractivity contribution in [1.82, 2.24) is 5.32 Å². The number of hydrogen-bond acceptors (Lipinski definition) is 2. The zero-order valence-electron chi connectivity index (χ0n) is 11.6. The minimum atomic E-state index is 0.453. The average Bonchev–Trinajstić information content (AvgIpc) is 2.73. The van der Waals surface area contributed by atoms with Crippen LogP contribution in [0.5, 0.6) is 0 Å². The zero-order chi connectivity index (χ0) is 13.1. The van der Waals surface area contributed by atoms with E-state index in [1.165, 1.54) is 42.5 Å². The quantitative estimate of drug-likeness (QED) is 0.803. The van der Waals surface area contributed by atoms with Crippen LogP contribution in [0.4, 0.5) is 0 Å². The smallest absolute Gasteiger partial charge is 0.0590 e. The first-order chi connectivity index (χ1) is 8.67. The summed E-state index contributed by atoms with van der Waals surface area (Å²) in [4.78, 5) is 1.34. The van der Waals surface area contributed by atoms with Crippen molar-refractivity contribution in [2.24, 2.45) is 11.8 Å². The summed E-state index contributed by atoms with van der Waals surface area (Å²) in [5, 5.41) is 6.66. The van der Waals surface area contributed by atoms with Gasteiger partial charge in [-0.1, -0.05) is 37.8 Å². The molecule has 1 aromatic heterocycles. The van der Waals surface area contributed by atoms with Crippen molar-refractivity contribution in [2.45, 2.75) is 52.0 Å². The summed E-state index contributed by atoms with van der Waals surface area (Å²) < 4.78 is 0. The monoisotopic (exact) mass is 285 g/mol. The predicted molar refractivity (Wildman–Crippen MR) is 81.6 cm³/mol. The van der Waals surface area contributed by atoms with E-state index in [-0.39, 0.29) is 0 Å². The van der Waals surface area contributed by atoms with Crippen LogP contribution < -0.4 is 5.32 Å². The standard InChI is InChI=1S/C15H24ClNS/c1-4-11-5-7-12(8-6-11)14(17-3)15-13(16)10(2)9-18-15/h9,11-12,14,17H,4-8H2,1-3H3. The highest BCUT2D eigenvalue weighted by Gasteiger charge is 2.29. The molecule has 18 heavy (non-hydrogen) atoms. The van der Waals surface area contributed by atoms with Crippen LogP contribution in [0, 0.1) is 18.8 Å². The molecule has 1 atom stereocenters. The lowest BCUT2D eigenvalue weighted by atomic mass is 9.77. The third-order valence-corrected chi connectivity index (χ3v) is 6.26. The number of halogens is 1. The fourth-order valence-electron chi connectivity index (χ4n) is 3.17. The summed E-state index contributed by atoms with van der Waals surface area (Å²) in [6, 6.07) is 0.453. The number of nitrogens with one attached hydrogen (secondary N) is 1. The molecule has 1 unspecified atom stereocenters. The highest BCUT2D eigenvalue weighted by molar-refractivity contribution is 7.10. The minimum absolute atomic E-state index is 0.453. The first-order valence-electron chi connectivity index (χ1n) is 7.08. The number of aryl methyl sites for hydroxylation is 1. The van der Waals surface area contributed by atoms with Gasteiger partial charge in [-0.2, -0.15) is 0 Å². The Morgan fingerprint density at radius 2 is 2.06 bits per heavy atom. The highest BCUT2D eigenvalue weighted by Crippen LogP contribution is 2.42. The Kier molecular flexibility index (Phi) is 5.11. The molecule has 0 spiro atoms. The van der Waals surface area contributed by atoms with Gasteiger partial charge in [0, 0.05) is 10.9 Å². The van der Waals surface area contributed by atoms with Gasteiger partial charge < -0.3 is 5.32 Å². The molecular formula is C15H24ClNS. The van der Waals surface area contributed by atoms with Crippen LogP contribution in [-0.2, 0) is 0 Å². The van der Waals surface area contributed by atoms with Gasteiger partial charge in [-0.3, -0.25) is 0 Å². The minimum Gasteiger partial charge on any atom is -0.312 e. The van der Waals surface area contributed by atoms with E-state index in [1.807, 2.05) is 11.3 Å². The van der Waals surface area contributed by atoms with Gasteiger partial charge >= 0.3 is 0 Å². The SMILES string of the molecule is CCC1CCC(C(NC)c2scc(C)c2Cl)CC1. The fraction of sp³-hybridized carbons (Fsp3) is 0.733. The summed E-state index contributed by atoms with van der Waals surface area (Å²) in [5.74, 6) is 1.72. The Hall–Kier alpha value is -0.0500. The van der Waals surface area contributed by atoms with Crippen LogP contribution in [0.3, 0.4) is 0 Å². The van der Waals surface area contributed by atoms with Crippen LogP contribution in [-0.4, -0.2) is 7.05 Å². The Balaban J connectivity index is 2.08. The van der Waals surface area contributed by atoms with Gasteiger partial charge in [0.2, 0.25) is 0 Å². The van der Waals surface area contributed by atoms with Crippen LogP contribution in [0.25, 0.3) is 0 Å². The van der Waals surface area contributed by atoms with Crippen LogP contribution in [0.15, 0.2) is 5.38 Å². The van der Waals surface area contributed by atoms with E-state index in [0.717, 1.165) is 16.9 Å². The molecule has 0 aliphatic heterocycles. The van der Waals surface area contributed by atoms with Crippen LogP contribution >= 0.6 is 22.9 Å². The molecule has 0 amide bonds. The molecule has 1 heterocycles. The van der Waals surface area contributed by atoms with Crippen molar-refractivity contribution in [3.63, 3.8) is 0 Å². The molecule has 1 aliphatic carbocycles. The van der Waals surface area contributed by atoms with Gasteiger partial charge in [0.25, 0.3) is 0 Å². The third kappa shape index (κ3) is 2.92. The Bertz CT molecular complexity index is 380. The zero-order valence-corrected chi connectivity index (χ0v) is 13.2. The molecule has 1 N–H and O–H groups in total. The van der Waals surface area contributed by atoms with Crippen molar-refractivity contribution in [2.75, 3.05) is 7.05 Å². The number of thiophene rings is 1. The fourth-order valence-corrected chi connectivity index (χ4v) is 4.68. The molecule has 1 aromatic rings. The van der Waals surface area contributed by atoms with Crippen LogP contribution in [0.2, 0.25) is 5.02 Å². The van der Waals surface area contributed by atoms with Gasteiger partial charge in [0.05, 0.1) is 5.02 Å². The topological polar surface area (TPSA) is 12.0 Å². The van der Waals surface area contributed by atoms with Gasteiger partial charge in [-0.25, -0.2) is 0 Å². The normalized spacial score (nSPS) is 26.2. The van der Waals surface area contributed by atoms with E-state index in [9.17, 15) is 0 Å². The van der Waals surface area contributed by atoms with Gasteiger partial charge in [-0.15, -0.1) is 11.3 Å². The first kappa shape index (κ1) is 14.4. The predicted octanol–water partition coefficient (Wildman–Crippen LogP) is 5.19. The summed E-state index contributed by atoms with van der Waals surface area (Å²) in [6.45, 7) is 4.42. The Morgan fingerprint density at radius 1 is 1.39 bits per heavy atom. The largest absolute Gasteiger partial charge is 0.312 e. The molecule has 1 nitrogen and oxygen atoms in total. The molecule has 0 aromatic carbocycles. The molecule has 102 valence electrons. The van der Waals surface area contributed by atoms with E-state index in [0.29, 0.717) is 6.04 Å². The van der Waals surface area contributed by atoms with Gasteiger partial charge in [0.1, 0.15) is 0 Å². The highest BCUT2D eigenvalue weighted by atomic mass is 35.5. The average molecular weight is 286 g/mol. The number of hydrogen-bond donors (Lipinski definition) is 1. The lowest BCUT2D eigenvalue weighted by molar-refractivity contribution is 0.226. The van der Waals surface area contributed by atoms with E-state index in [4.69, 9.17) is 11.6 Å². The van der Waals surface area contributed by atoms with E-state index >= 15 is 0 Å². The first-order valence-corrected chi connectivity index (χ1v) is 8.33. The maximum Gasteiger partial charge on any atom is 0.0590 e. The lowest BCUT2D eigenvalue weighted by Gasteiger charge is -2.33. The van der Waals surface area contributed by atoms with E-state index < -0.39 is 0 Å². The second-order valence-corrected chi connectivity index (χ2v) is 6.84. The molecule has 3 heteroatoms. The van der Waals surface area contributed by atoms with Crippen molar-refractivity contribution in [3.05, 3.63) is 20.8 Å². The molecule has 1 aliphatic rings.